The van der Waals surface area contributed by atoms with Gasteiger partial charge in [0, 0.05) is 0 Å². The van der Waals surface area contributed by atoms with Crippen LogP contribution in [0.2, 0.25) is 0 Å². The van der Waals surface area contributed by atoms with Crippen LogP contribution in [0.25, 0.3) is 0 Å². The van der Waals surface area contributed by atoms with Crippen LogP contribution in [0.5, 0.6) is 0 Å². The second kappa shape index (κ2) is 4.57. The van der Waals surface area contributed by atoms with Gasteiger partial charge in [-0.2, -0.15) is 0 Å². The maximum Gasteiger partial charge on any atom is 0.335 e. The lowest BCUT2D eigenvalue weighted by Gasteiger charge is -2.19. The third-order valence-corrected chi connectivity index (χ3v) is 2.76. The monoisotopic (exact) mass is 236 g/mol. The number of rotatable bonds is 4. The molecule has 0 bridgehead atoms. The number of aromatic carboxylic acids is 1. The molecule has 0 amide bonds. The third kappa shape index (κ3) is 3.06. The number of carboxylic acids is 2. The SMILES string of the molecule is Cc1ccc(CC(C)(C)C(=O)O)cc1C(=O)O. The standard InChI is InChI=1S/C13H16O4/c1-8-4-5-9(6-10(8)11(14)15)7-13(2,3)12(16)17/h4-6H,7H2,1-3H3,(H,14,15)(H,16,17). The second-order valence-electron chi connectivity index (χ2n) is 4.82. The summed E-state index contributed by atoms with van der Waals surface area (Å²) in [5.41, 5.74) is 0.726. The van der Waals surface area contributed by atoms with Gasteiger partial charge in [0.05, 0.1) is 11.0 Å². The Morgan fingerprint density at radius 2 is 1.82 bits per heavy atom. The van der Waals surface area contributed by atoms with Gasteiger partial charge in [0.15, 0.2) is 0 Å². The molecule has 0 saturated heterocycles. The first kappa shape index (κ1) is 13.2. The summed E-state index contributed by atoms with van der Waals surface area (Å²) in [6.45, 7) is 4.96. The maximum absolute atomic E-state index is 11.0. The minimum Gasteiger partial charge on any atom is -0.481 e. The van der Waals surface area contributed by atoms with Gasteiger partial charge in [-0.1, -0.05) is 12.1 Å². The van der Waals surface area contributed by atoms with Gasteiger partial charge in [-0.05, 0) is 44.4 Å². The minimum absolute atomic E-state index is 0.226. The molecule has 4 nitrogen and oxygen atoms in total. The Kier molecular flexibility index (Phi) is 3.56. The van der Waals surface area contributed by atoms with E-state index in [4.69, 9.17) is 10.2 Å². The van der Waals surface area contributed by atoms with Crippen molar-refractivity contribution in [2.24, 2.45) is 5.41 Å². The highest BCUT2D eigenvalue weighted by Gasteiger charge is 2.27. The highest BCUT2D eigenvalue weighted by atomic mass is 16.4. The topological polar surface area (TPSA) is 74.6 Å². The number of carboxylic acid groups (broad SMARTS) is 2. The van der Waals surface area contributed by atoms with Crippen molar-refractivity contribution in [3.63, 3.8) is 0 Å². The van der Waals surface area contributed by atoms with E-state index >= 15 is 0 Å². The van der Waals surface area contributed by atoms with Gasteiger partial charge in [-0.15, -0.1) is 0 Å². The average molecular weight is 236 g/mol. The molecular formula is C13H16O4. The molecule has 0 aromatic heterocycles. The fourth-order valence-corrected chi connectivity index (χ4v) is 1.60. The molecule has 0 atom stereocenters. The Bertz CT molecular complexity index is 460. The average Bonchev–Trinajstić information content (AvgIpc) is 2.20. The highest BCUT2D eigenvalue weighted by Crippen LogP contribution is 2.23. The Balaban J connectivity index is 3.05. The van der Waals surface area contributed by atoms with E-state index in [0.29, 0.717) is 12.0 Å². The third-order valence-electron chi connectivity index (χ3n) is 2.76. The van der Waals surface area contributed by atoms with Crippen LogP contribution in [0.3, 0.4) is 0 Å². The van der Waals surface area contributed by atoms with Crippen LogP contribution in [0, 0.1) is 12.3 Å². The molecule has 4 heteroatoms. The Hall–Kier alpha value is -1.84. The van der Waals surface area contributed by atoms with Crippen molar-refractivity contribution in [2.45, 2.75) is 27.2 Å². The summed E-state index contributed by atoms with van der Waals surface area (Å²) >= 11 is 0. The fourth-order valence-electron chi connectivity index (χ4n) is 1.60. The molecule has 0 saturated carbocycles. The molecule has 0 unspecified atom stereocenters. The van der Waals surface area contributed by atoms with E-state index in [1.807, 2.05) is 0 Å². The molecular weight excluding hydrogens is 220 g/mol. The molecule has 1 aromatic carbocycles. The summed E-state index contributed by atoms with van der Waals surface area (Å²) < 4.78 is 0. The second-order valence-corrected chi connectivity index (χ2v) is 4.82. The van der Waals surface area contributed by atoms with E-state index in [0.717, 1.165) is 5.56 Å². The first-order valence-corrected chi connectivity index (χ1v) is 5.30. The van der Waals surface area contributed by atoms with Crippen molar-refractivity contribution in [2.75, 3.05) is 0 Å². The lowest BCUT2D eigenvalue weighted by molar-refractivity contribution is -0.146. The minimum atomic E-state index is -0.988. The van der Waals surface area contributed by atoms with Gasteiger partial charge in [0.1, 0.15) is 0 Å². The normalized spacial score (nSPS) is 11.2. The molecule has 0 aliphatic rings. The lowest BCUT2D eigenvalue weighted by atomic mass is 9.85. The van der Waals surface area contributed by atoms with E-state index in [-0.39, 0.29) is 5.56 Å². The van der Waals surface area contributed by atoms with Crippen LogP contribution >= 0.6 is 0 Å². The molecule has 0 radical (unpaired) electrons. The number of aliphatic carboxylic acids is 1. The van der Waals surface area contributed by atoms with Crippen molar-refractivity contribution in [3.8, 4) is 0 Å². The van der Waals surface area contributed by atoms with Crippen molar-refractivity contribution in [1.29, 1.82) is 0 Å². The smallest absolute Gasteiger partial charge is 0.335 e. The maximum atomic E-state index is 11.0. The van der Waals surface area contributed by atoms with Crippen LogP contribution in [-0.2, 0) is 11.2 Å². The van der Waals surface area contributed by atoms with Crippen LogP contribution < -0.4 is 0 Å². The lowest BCUT2D eigenvalue weighted by Crippen LogP contribution is -2.26. The molecule has 17 heavy (non-hydrogen) atoms. The van der Waals surface area contributed by atoms with Crippen molar-refractivity contribution < 1.29 is 19.8 Å². The van der Waals surface area contributed by atoms with Crippen LogP contribution in [-0.4, -0.2) is 22.2 Å². The van der Waals surface area contributed by atoms with Crippen molar-refractivity contribution in [1.82, 2.24) is 0 Å². The Labute approximate surface area is 99.9 Å². The van der Waals surface area contributed by atoms with E-state index in [1.54, 1.807) is 39.0 Å². The summed E-state index contributed by atoms with van der Waals surface area (Å²) in [7, 11) is 0. The van der Waals surface area contributed by atoms with Gasteiger partial charge in [0.25, 0.3) is 0 Å². The summed E-state index contributed by atoms with van der Waals surface area (Å²) in [6.07, 6.45) is 0.308. The molecule has 92 valence electrons. The van der Waals surface area contributed by atoms with E-state index in [1.165, 1.54) is 0 Å². The first-order chi connectivity index (χ1) is 7.74. The van der Waals surface area contributed by atoms with E-state index < -0.39 is 17.4 Å². The van der Waals surface area contributed by atoms with Gasteiger partial charge >= 0.3 is 11.9 Å². The molecule has 0 aliphatic heterocycles. The predicted octanol–water partition coefficient (Wildman–Crippen LogP) is 2.35. The van der Waals surface area contributed by atoms with E-state index in [2.05, 4.69) is 0 Å². The Morgan fingerprint density at radius 3 is 2.29 bits per heavy atom. The van der Waals surface area contributed by atoms with E-state index in [9.17, 15) is 9.59 Å². The molecule has 0 aliphatic carbocycles. The van der Waals surface area contributed by atoms with Gasteiger partial charge in [0.2, 0.25) is 0 Å². The summed E-state index contributed by atoms with van der Waals surface area (Å²) in [5.74, 6) is -1.88. The quantitative estimate of drug-likeness (QED) is 0.841. The van der Waals surface area contributed by atoms with Crippen LogP contribution in [0.15, 0.2) is 18.2 Å². The molecule has 0 spiro atoms. The van der Waals surface area contributed by atoms with Gasteiger partial charge < -0.3 is 10.2 Å². The van der Waals surface area contributed by atoms with Crippen LogP contribution in [0.4, 0.5) is 0 Å². The zero-order chi connectivity index (χ0) is 13.2. The number of hydrogen-bond donors (Lipinski definition) is 2. The van der Waals surface area contributed by atoms with Crippen molar-refractivity contribution in [3.05, 3.63) is 34.9 Å². The number of carbonyl (C=O) groups is 2. The molecule has 0 heterocycles. The Morgan fingerprint density at radius 1 is 1.24 bits per heavy atom. The van der Waals surface area contributed by atoms with Gasteiger partial charge in [-0.3, -0.25) is 4.79 Å². The summed E-state index contributed by atoms with van der Waals surface area (Å²) in [6, 6.07) is 5.02. The molecule has 0 fully saturated rings. The molecule has 2 N–H and O–H groups in total. The first-order valence-electron chi connectivity index (χ1n) is 5.30. The number of aryl methyl sites for hydroxylation is 1. The number of benzene rings is 1. The predicted molar refractivity (Wildman–Crippen MR) is 63.3 cm³/mol. The fraction of sp³-hybridized carbons (Fsp3) is 0.385. The summed E-state index contributed by atoms with van der Waals surface area (Å²) in [5, 5.41) is 18.0. The van der Waals surface area contributed by atoms with Gasteiger partial charge in [-0.25, -0.2) is 4.79 Å². The molecule has 1 aromatic rings. The summed E-state index contributed by atoms with van der Waals surface area (Å²) in [4.78, 5) is 22.0. The largest absolute Gasteiger partial charge is 0.481 e. The van der Waals surface area contributed by atoms with Crippen molar-refractivity contribution >= 4 is 11.9 Å². The number of hydrogen-bond acceptors (Lipinski definition) is 2. The molecule has 1 rings (SSSR count). The zero-order valence-electron chi connectivity index (χ0n) is 10.2. The van der Waals surface area contributed by atoms with Crippen LogP contribution in [0.1, 0.15) is 35.3 Å². The highest BCUT2D eigenvalue weighted by molar-refractivity contribution is 5.89. The zero-order valence-corrected chi connectivity index (χ0v) is 10.2.